The molecular weight excluding hydrogens is 164 g/mol. The second kappa shape index (κ2) is 6.35. The molecule has 1 saturated heterocycles. The van der Waals surface area contributed by atoms with Gasteiger partial charge in [-0.05, 0) is 32.4 Å². The van der Waals surface area contributed by atoms with E-state index in [0.29, 0.717) is 0 Å². The molecule has 0 aromatic heterocycles. The number of hydrogen-bond donors (Lipinski definition) is 1. The molecule has 1 rings (SSSR count). The summed E-state index contributed by atoms with van der Waals surface area (Å²) in [5.74, 6) is 0.760. The molecule has 0 saturated carbocycles. The Labute approximate surface area is 81.4 Å². The first kappa shape index (κ1) is 11.0. The second-order valence-corrected chi connectivity index (χ2v) is 3.87. The lowest BCUT2D eigenvalue weighted by atomic mass is 9.99. The van der Waals surface area contributed by atoms with Crippen LogP contribution in [-0.2, 0) is 4.74 Å². The highest BCUT2D eigenvalue weighted by Crippen LogP contribution is 2.15. The second-order valence-electron chi connectivity index (χ2n) is 3.87. The maximum Gasteiger partial charge on any atom is 0.0502 e. The van der Waals surface area contributed by atoms with Gasteiger partial charge < -0.3 is 15.0 Å². The van der Waals surface area contributed by atoms with Crippen molar-refractivity contribution >= 4 is 0 Å². The topological polar surface area (TPSA) is 24.5 Å². The maximum absolute atomic E-state index is 5.19. The van der Waals surface area contributed by atoms with Gasteiger partial charge in [0, 0.05) is 26.7 Å². The van der Waals surface area contributed by atoms with Crippen LogP contribution in [0.15, 0.2) is 0 Å². The zero-order chi connectivity index (χ0) is 9.52. The monoisotopic (exact) mass is 186 g/mol. The van der Waals surface area contributed by atoms with Crippen molar-refractivity contribution in [2.75, 3.05) is 46.9 Å². The van der Waals surface area contributed by atoms with Crippen molar-refractivity contribution < 1.29 is 4.74 Å². The summed E-state index contributed by atoms with van der Waals surface area (Å²) in [6.45, 7) is 5.68. The van der Waals surface area contributed by atoms with Crippen molar-refractivity contribution in [3.63, 3.8) is 0 Å². The first-order chi connectivity index (χ1) is 6.36. The third kappa shape index (κ3) is 4.07. The molecule has 1 unspecified atom stereocenters. The highest BCUT2D eigenvalue weighted by atomic mass is 16.5. The Bertz CT molecular complexity index is 128. The van der Waals surface area contributed by atoms with Crippen molar-refractivity contribution in [1.29, 1.82) is 0 Å². The minimum absolute atomic E-state index is 0.760. The van der Waals surface area contributed by atoms with Crippen LogP contribution in [0.2, 0.25) is 0 Å². The quantitative estimate of drug-likeness (QED) is 0.679. The standard InChI is InChI=1S/C10H22N2O/c1-11-5-7-12-6-3-4-10(8-12)9-13-2/h10-11H,3-9H2,1-2H3. The van der Waals surface area contributed by atoms with Gasteiger partial charge in [-0.15, -0.1) is 0 Å². The molecule has 3 heteroatoms. The Morgan fingerprint density at radius 2 is 2.38 bits per heavy atom. The zero-order valence-electron chi connectivity index (χ0n) is 8.88. The summed E-state index contributed by atoms with van der Waals surface area (Å²) in [4.78, 5) is 2.53. The number of methoxy groups -OCH3 is 1. The van der Waals surface area contributed by atoms with Gasteiger partial charge in [0.2, 0.25) is 0 Å². The van der Waals surface area contributed by atoms with E-state index in [2.05, 4.69) is 10.2 Å². The molecule has 0 radical (unpaired) electrons. The van der Waals surface area contributed by atoms with Crippen LogP contribution in [-0.4, -0.2) is 51.8 Å². The summed E-state index contributed by atoms with van der Waals surface area (Å²) in [7, 11) is 3.81. The first-order valence-corrected chi connectivity index (χ1v) is 5.22. The van der Waals surface area contributed by atoms with Gasteiger partial charge in [0.05, 0.1) is 6.61 Å². The molecule has 0 amide bonds. The van der Waals surface area contributed by atoms with E-state index in [9.17, 15) is 0 Å². The molecule has 0 bridgehead atoms. The number of likely N-dealkylation sites (tertiary alicyclic amines) is 1. The van der Waals surface area contributed by atoms with Gasteiger partial charge in [0.15, 0.2) is 0 Å². The number of ether oxygens (including phenoxy) is 1. The Balaban J connectivity index is 2.16. The molecule has 1 N–H and O–H groups in total. The number of likely N-dealkylation sites (N-methyl/N-ethyl adjacent to an activating group) is 1. The summed E-state index contributed by atoms with van der Waals surface area (Å²) in [5.41, 5.74) is 0. The van der Waals surface area contributed by atoms with Crippen LogP contribution in [0.25, 0.3) is 0 Å². The molecule has 78 valence electrons. The summed E-state index contributed by atoms with van der Waals surface area (Å²) in [6.07, 6.45) is 2.67. The number of hydrogen-bond acceptors (Lipinski definition) is 3. The third-order valence-corrected chi connectivity index (χ3v) is 2.68. The summed E-state index contributed by atoms with van der Waals surface area (Å²) in [6, 6.07) is 0. The zero-order valence-corrected chi connectivity index (χ0v) is 8.88. The highest BCUT2D eigenvalue weighted by Gasteiger charge is 2.18. The molecule has 3 nitrogen and oxygen atoms in total. The van der Waals surface area contributed by atoms with E-state index in [1.807, 2.05) is 7.05 Å². The Kier molecular flexibility index (Phi) is 5.35. The van der Waals surface area contributed by atoms with Gasteiger partial charge in [-0.1, -0.05) is 0 Å². The molecule has 1 atom stereocenters. The lowest BCUT2D eigenvalue weighted by Crippen LogP contribution is -2.40. The predicted molar refractivity (Wildman–Crippen MR) is 55.0 cm³/mol. The molecule has 1 aliphatic rings. The van der Waals surface area contributed by atoms with Crippen molar-refractivity contribution in [2.24, 2.45) is 5.92 Å². The molecular formula is C10H22N2O. The normalized spacial score (nSPS) is 24.9. The minimum Gasteiger partial charge on any atom is -0.384 e. The number of piperidine rings is 1. The highest BCUT2D eigenvalue weighted by molar-refractivity contribution is 4.72. The minimum atomic E-state index is 0.760. The van der Waals surface area contributed by atoms with Crippen LogP contribution in [0.5, 0.6) is 0 Å². The fourth-order valence-corrected chi connectivity index (χ4v) is 2.00. The molecule has 1 aliphatic heterocycles. The van der Waals surface area contributed by atoms with E-state index in [0.717, 1.165) is 19.1 Å². The largest absolute Gasteiger partial charge is 0.384 e. The Morgan fingerprint density at radius 3 is 3.08 bits per heavy atom. The van der Waals surface area contributed by atoms with E-state index < -0.39 is 0 Å². The summed E-state index contributed by atoms with van der Waals surface area (Å²) >= 11 is 0. The van der Waals surface area contributed by atoms with Crippen LogP contribution in [0.1, 0.15) is 12.8 Å². The van der Waals surface area contributed by atoms with Crippen molar-refractivity contribution in [1.82, 2.24) is 10.2 Å². The third-order valence-electron chi connectivity index (χ3n) is 2.68. The van der Waals surface area contributed by atoms with E-state index in [1.165, 1.54) is 32.5 Å². The number of nitrogens with one attached hydrogen (secondary N) is 1. The lowest BCUT2D eigenvalue weighted by molar-refractivity contribution is 0.0913. The van der Waals surface area contributed by atoms with Crippen LogP contribution in [0.4, 0.5) is 0 Å². The smallest absolute Gasteiger partial charge is 0.0502 e. The van der Waals surface area contributed by atoms with Gasteiger partial charge in [-0.3, -0.25) is 0 Å². The molecule has 1 fully saturated rings. The van der Waals surface area contributed by atoms with E-state index in [4.69, 9.17) is 4.74 Å². The van der Waals surface area contributed by atoms with Crippen LogP contribution in [0.3, 0.4) is 0 Å². The van der Waals surface area contributed by atoms with Crippen LogP contribution in [0, 0.1) is 5.92 Å². The van der Waals surface area contributed by atoms with Gasteiger partial charge in [0.25, 0.3) is 0 Å². The average Bonchev–Trinajstić information content (AvgIpc) is 2.16. The number of rotatable bonds is 5. The van der Waals surface area contributed by atoms with Crippen molar-refractivity contribution in [3.8, 4) is 0 Å². The van der Waals surface area contributed by atoms with E-state index in [1.54, 1.807) is 7.11 Å². The average molecular weight is 186 g/mol. The fourth-order valence-electron chi connectivity index (χ4n) is 2.00. The molecule has 1 heterocycles. The molecule has 13 heavy (non-hydrogen) atoms. The SMILES string of the molecule is CNCCN1CCCC(COC)C1. The van der Waals surface area contributed by atoms with E-state index >= 15 is 0 Å². The molecule has 0 aromatic carbocycles. The van der Waals surface area contributed by atoms with Crippen molar-refractivity contribution in [3.05, 3.63) is 0 Å². The van der Waals surface area contributed by atoms with Crippen LogP contribution >= 0.6 is 0 Å². The Morgan fingerprint density at radius 1 is 1.54 bits per heavy atom. The lowest BCUT2D eigenvalue weighted by Gasteiger charge is -2.32. The Hall–Kier alpha value is -0.120. The van der Waals surface area contributed by atoms with Crippen molar-refractivity contribution in [2.45, 2.75) is 12.8 Å². The maximum atomic E-state index is 5.19. The fraction of sp³-hybridized carbons (Fsp3) is 1.00. The van der Waals surface area contributed by atoms with Gasteiger partial charge in [-0.25, -0.2) is 0 Å². The molecule has 0 aliphatic carbocycles. The summed E-state index contributed by atoms with van der Waals surface area (Å²) in [5, 5.41) is 3.19. The summed E-state index contributed by atoms with van der Waals surface area (Å²) < 4.78 is 5.19. The van der Waals surface area contributed by atoms with Crippen LogP contribution < -0.4 is 5.32 Å². The van der Waals surface area contributed by atoms with E-state index in [-0.39, 0.29) is 0 Å². The van der Waals surface area contributed by atoms with Gasteiger partial charge >= 0.3 is 0 Å². The molecule has 0 aromatic rings. The van der Waals surface area contributed by atoms with Gasteiger partial charge in [0.1, 0.15) is 0 Å². The predicted octanol–water partition coefficient (Wildman–Crippen LogP) is 0.564. The first-order valence-electron chi connectivity index (χ1n) is 5.22. The number of nitrogens with zero attached hydrogens (tertiary/aromatic N) is 1. The molecule has 0 spiro atoms. The van der Waals surface area contributed by atoms with Gasteiger partial charge in [-0.2, -0.15) is 0 Å².